The molecule has 0 atom stereocenters. The van der Waals surface area contributed by atoms with E-state index < -0.39 is 0 Å². The monoisotopic (exact) mass is 322 g/mol. The van der Waals surface area contributed by atoms with E-state index in [4.69, 9.17) is 10.5 Å². The molecule has 0 unspecified atom stereocenters. The lowest BCUT2D eigenvalue weighted by atomic mass is 10.2. The summed E-state index contributed by atoms with van der Waals surface area (Å²) in [6.45, 7) is 4.27. The van der Waals surface area contributed by atoms with Gasteiger partial charge < -0.3 is 15.8 Å². The van der Waals surface area contributed by atoms with E-state index in [1.165, 1.54) is 11.3 Å². The number of benzene rings is 1. The van der Waals surface area contributed by atoms with E-state index >= 15 is 0 Å². The molecule has 0 spiro atoms. The van der Waals surface area contributed by atoms with Crippen LogP contribution in [-0.4, -0.2) is 31.1 Å². The summed E-state index contributed by atoms with van der Waals surface area (Å²) in [7, 11) is 1.60. The number of nitrogens with one attached hydrogen (secondary N) is 1. The standard InChI is InChI=1S/C15H18N2O2S2/c1-3-8-20-9-7-17-15(18)14-13(16)12-10(19-2)5-4-6-11(12)21-14/h3-6H,1,7-9,16H2,2H3,(H,17,18). The summed E-state index contributed by atoms with van der Waals surface area (Å²) in [4.78, 5) is 12.8. The molecule has 1 amide bonds. The fraction of sp³-hybridized carbons (Fsp3) is 0.267. The first kappa shape index (κ1) is 15.7. The number of hydrogen-bond acceptors (Lipinski definition) is 5. The molecule has 21 heavy (non-hydrogen) atoms. The minimum Gasteiger partial charge on any atom is -0.496 e. The first-order valence-electron chi connectivity index (χ1n) is 6.50. The van der Waals surface area contributed by atoms with E-state index in [0.717, 1.165) is 21.6 Å². The van der Waals surface area contributed by atoms with Crippen LogP contribution >= 0.6 is 23.1 Å². The lowest BCUT2D eigenvalue weighted by Crippen LogP contribution is -2.25. The highest BCUT2D eigenvalue weighted by Gasteiger charge is 2.18. The van der Waals surface area contributed by atoms with Gasteiger partial charge in [-0.25, -0.2) is 0 Å². The van der Waals surface area contributed by atoms with Gasteiger partial charge >= 0.3 is 0 Å². The number of hydrogen-bond donors (Lipinski definition) is 2. The van der Waals surface area contributed by atoms with E-state index in [-0.39, 0.29) is 5.91 Å². The molecule has 6 heteroatoms. The van der Waals surface area contributed by atoms with Crippen LogP contribution in [0.5, 0.6) is 5.75 Å². The van der Waals surface area contributed by atoms with Gasteiger partial charge in [-0.05, 0) is 12.1 Å². The second-order valence-electron chi connectivity index (χ2n) is 4.30. The van der Waals surface area contributed by atoms with Crippen molar-refractivity contribution in [2.75, 3.05) is 30.9 Å². The molecule has 0 aliphatic rings. The topological polar surface area (TPSA) is 64.3 Å². The Morgan fingerprint density at radius 2 is 2.38 bits per heavy atom. The molecule has 4 nitrogen and oxygen atoms in total. The molecule has 1 heterocycles. The predicted octanol–water partition coefficient (Wildman–Crippen LogP) is 3.14. The van der Waals surface area contributed by atoms with Crippen molar-refractivity contribution in [2.24, 2.45) is 0 Å². The van der Waals surface area contributed by atoms with Crippen molar-refractivity contribution in [3.05, 3.63) is 35.7 Å². The van der Waals surface area contributed by atoms with Crippen LogP contribution in [0.15, 0.2) is 30.9 Å². The number of thioether (sulfide) groups is 1. The van der Waals surface area contributed by atoms with Crippen molar-refractivity contribution in [3.63, 3.8) is 0 Å². The zero-order chi connectivity index (χ0) is 15.2. The van der Waals surface area contributed by atoms with E-state index in [1.807, 2.05) is 24.3 Å². The molecule has 0 radical (unpaired) electrons. The molecule has 0 saturated carbocycles. The Morgan fingerprint density at radius 1 is 1.57 bits per heavy atom. The third-order valence-corrected chi connectivity index (χ3v) is 5.04. The quantitative estimate of drug-likeness (QED) is 0.607. The van der Waals surface area contributed by atoms with Gasteiger partial charge in [0.15, 0.2) is 0 Å². The Morgan fingerprint density at radius 3 is 3.10 bits per heavy atom. The first-order chi connectivity index (χ1) is 10.2. The van der Waals surface area contributed by atoms with Gasteiger partial charge in [-0.15, -0.1) is 17.9 Å². The van der Waals surface area contributed by atoms with Crippen molar-refractivity contribution in [3.8, 4) is 5.75 Å². The third-order valence-electron chi connectivity index (χ3n) is 2.91. The smallest absolute Gasteiger partial charge is 0.263 e. The molecule has 1 aromatic heterocycles. The average Bonchev–Trinajstić information content (AvgIpc) is 2.84. The van der Waals surface area contributed by atoms with Crippen LogP contribution < -0.4 is 15.8 Å². The van der Waals surface area contributed by atoms with Crippen LogP contribution in [0.3, 0.4) is 0 Å². The lowest BCUT2D eigenvalue weighted by Gasteiger charge is -2.04. The van der Waals surface area contributed by atoms with Gasteiger partial charge in [-0.2, -0.15) is 11.8 Å². The number of amides is 1. The highest BCUT2D eigenvalue weighted by Crippen LogP contribution is 2.39. The van der Waals surface area contributed by atoms with Gasteiger partial charge in [-0.1, -0.05) is 12.1 Å². The van der Waals surface area contributed by atoms with Crippen LogP contribution in [0.4, 0.5) is 5.69 Å². The molecule has 2 aromatic rings. The summed E-state index contributed by atoms with van der Waals surface area (Å²) in [6, 6.07) is 5.68. The number of ether oxygens (including phenoxy) is 1. The van der Waals surface area contributed by atoms with Gasteiger partial charge in [0.05, 0.1) is 18.2 Å². The Balaban J connectivity index is 2.13. The number of methoxy groups -OCH3 is 1. The first-order valence-corrected chi connectivity index (χ1v) is 8.48. The van der Waals surface area contributed by atoms with E-state index in [0.29, 0.717) is 22.9 Å². The number of carbonyl (C=O) groups is 1. The molecule has 0 aliphatic heterocycles. The molecule has 3 N–H and O–H groups in total. The second-order valence-corrected chi connectivity index (χ2v) is 6.50. The molecule has 0 aliphatic carbocycles. The maximum atomic E-state index is 12.2. The normalized spacial score (nSPS) is 10.5. The number of nitrogen functional groups attached to an aromatic ring is 1. The van der Waals surface area contributed by atoms with Crippen LogP contribution in [0.2, 0.25) is 0 Å². The van der Waals surface area contributed by atoms with Gasteiger partial charge in [0.2, 0.25) is 0 Å². The molecule has 0 bridgehead atoms. The molecule has 2 rings (SSSR count). The van der Waals surface area contributed by atoms with Gasteiger partial charge in [0, 0.05) is 22.8 Å². The van der Waals surface area contributed by atoms with Crippen LogP contribution in [0.1, 0.15) is 9.67 Å². The maximum absolute atomic E-state index is 12.2. The van der Waals surface area contributed by atoms with Crippen LogP contribution in [0.25, 0.3) is 10.1 Å². The van der Waals surface area contributed by atoms with E-state index in [9.17, 15) is 4.79 Å². The largest absolute Gasteiger partial charge is 0.496 e. The fourth-order valence-electron chi connectivity index (χ4n) is 1.96. The summed E-state index contributed by atoms with van der Waals surface area (Å²) in [5.74, 6) is 2.31. The number of thiophene rings is 1. The number of carbonyl (C=O) groups excluding carboxylic acids is 1. The molecular formula is C15H18N2O2S2. The summed E-state index contributed by atoms with van der Waals surface area (Å²) >= 11 is 3.11. The summed E-state index contributed by atoms with van der Waals surface area (Å²) in [5.41, 5.74) is 6.61. The summed E-state index contributed by atoms with van der Waals surface area (Å²) in [6.07, 6.45) is 1.85. The van der Waals surface area contributed by atoms with Crippen molar-refractivity contribution in [1.29, 1.82) is 0 Å². The molecule has 1 aromatic carbocycles. The van der Waals surface area contributed by atoms with E-state index in [1.54, 1.807) is 18.9 Å². The minimum atomic E-state index is -0.130. The SMILES string of the molecule is C=CCSCCNC(=O)c1sc2cccc(OC)c2c1N. The number of rotatable bonds is 7. The van der Waals surface area contributed by atoms with Crippen molar-refractivity contribution >= 4 is 44.8 Å². The van der Waals surface area contributed by atoms with E-state index in [2.05, 4.69) is 11.9 Å². The Kier molecular flexibility index (Phi) is 5.52. The minimum absolute atomic E-state index is 0.130. The fourth-order valence-corrected chi connectivity index (χ4v) is 3.60. The Bertz CT molecular complexity index is 652. The van der Waals surface area contributed by atoms with Crippen LogP contribution in [0, 0.1) is 0 Å². The summed E-state index contributed by atoms with van der Waals surface area (Å²) in [5, 5.41) is 3.71. The molecule has 112 valence electrons. The van der Waals surface area contributed by atoms with Crippen molar-refractivity contribution in [1.82, 2.24) is 5.32 Å². The molecule has 0 saturated heterocycles. The zero-order valence-electron chi connectivity index (χ0n) is 11.8. The third kappa shape index (κ3) is 3.51. The van der Waals surface area contributed by atoms with Crippen molar-refractivity contribution < 1.29 is 9.53 Å². The highest BCUT2D eigenvalue weighted by atomic mass is 32.2. The van der Waals surface area contributed by atoms with Crippen LogP contribution in [-0.2, 0) is 0 Å². The Labute approximate surface area is 132 Å². The zero-order valence-corrected chi connectivity index (χ0v) is 13.5. The summed E-state index contributed by atoms with van der Waals surface area (Å²) < 4.78 is 6.27. The van der Waals surface area contributed by atoms with Gasteiger partial charge in [0.25, 0.3) is 5.91 Å². The van der Waals surface area contributed by atoms with Gasteiger partial charge in [-0.3, -0.25) is 4.79 Å². The Hall–Kier alpha value is -1.66. The molecule has 0 fully saturated rings. The highest BCUT2D eigenvalue weighted by molar-refractivity contribution is 7.99. The number of nitrogens with two attached hydrogens (primary N) is 1. The lowest BCUT2D eigenvalue weighted by molar-refractivity contribution is 0.0961. The average molecular weight is 322 g/mol. The number of fused-ring (bicyclic) bond motifs is 1. The maximum Gasteiger partial charge on any atom is 0.263 e. The predicted molar refractivity (Wildman–Crippen MR) is 92.6 cm³/mol. The van der Waals surface area contributed by atoms with Gasteiger partial charge in [0.1, 0.15) is 10.6 Å². The molecular weight excluding hydrogens is 304 g/mol. The second kappa shape index (κ2) is 7.38. The number of anilines is 1. The van der Waals surface area contributed by atoms with Crippen molar-refractivity contribution in [2.45, 2.75) is 0 Å².